The van der Waals surface area contributed by atoms with E-state index in [0.29, 0.717) is 19.4 Å². The molecule has 7 heteroatoms. The molecule has 27 heavy (non-hydrogen) atoms. The van der Waals surface area contributed by atoms with Crippen LogP contribution in [0.1, 0.15) is 41.5 Å². The average molecular weight is 393 g/mol. The van der Waals surface area contributed by atoms with Crippen LogP contribution in [0.15, 0.2) is 22.7 Å². The van der Waals surface area contributed by atoms with Crippen LogP contribution in [0.2, 0.25) is 0 Å². The van der Waals surface area contributed by atoms with E-state index in [1.54, 1.807) is 7.11 Å². The van der Waals surface area contributed by atoms with Gasteiger partial charge in [0.05, 0.1) is 24.3 Å². The molecule has 0 amide bonds. The molecule has 1 aromatic heterocycles. The Kier molecular flexibility index (Phi) is 5.36. The van der Waals surface area contributed by atoms with E-state index in [0.717, 1.165) is 33.9 Å². The molecule has 1 saturated heterocycles. The maximum atomic E-state index is 11.9. The normalized spacial score (nSPS) is 21.7. The van der Waals surface area contributed by atoms with Crippen LogP contribution in [0.4, 0.5) is 0 Å². The van der Waals surface area contributed by atoms with Crippen LogP contribution in [0, 0.1) is 13.8 Å². The monoisotopic (exact) mass is 392 g/mol. The van der Waals surface area contributed by atoms with Gasteiger partial charge in [0, 0.05) is 24.1 Å². The molecule has 1 aliphatic heterocycles. The van der Waals surface area contributed by atoms with Crippen LogP contribution in [-0.2, 0) is 22.8 Å². The van der Waals surface area contributed by atoms with Crippen molar-refractivity contribution in [3.05, 3.63) is 46.3 Å². The fraction of sp³-hybridized carbons (Fsp3) is 0.550. The molecule has 1 atom stereocenters. The Morgan fingerprint density at radius 2 is 2.07 bits per heavy atom. The van der Waals surface area contributed by atoms with Crippen molar-refractivity contribution in [3.8, 4) is 5.75 Å². The maximum absolute atomic E-state index is 11.9. The molecule has 0 aliphatic carbocycles. The number of hydrogen-bond donors (Lipinski definition) is 0. The van der Waals surface area contributed by atoms with E-state index in [4.69, 9.17) is 9.26 Å². The molecular formula is C20H28N2O4S. The predicted molar refractivity (Wildman–Crippen MR) is 105 cm³/mol. The highest BCUT2D eigenvalue weighted by molar-refractivity contribution is 7.91. The highest BCUT2D eigenvalue weighted by Crippen LogP contribution is 2.31. The van der Waals surface area contributed by atoms with Gasteiger partial charge >= 0.3 is 0 Å². The summed E-state index contributed by atoms with van der Waals surface area (Å²) in [6.07, 6.45) is 1.36. The van der Waals surface area contributed by atoms with Gasteiger partial charge in [-0.05, 0) is 51.4 Å². The van der Waals surface area contributed by atoms with Crippen LogP contribution >= 0.6 is 0 Å². The van der Waals surface area contributed by atoms with Gasteiger partial charge < -0.3 is 9.26 Å². The average Bonchev–Trinajstić information content (AvgIpc) is 3.08. The third kappa shape index (κ3) is 4.19. The Hall–Kier alpha value is -1.86. The third-order valence-corrected chi connectivity index (χ3v) is 7.60. The lowest BCUT2D eigenvalue weighted by Gasteiger charge is -2.34. The zero-order valence-electron chi connectivity index (χ0n) is 16.7. The number of methoxy groups -OCH3 is 1. The summed E-state index contributed by atoms with van der Waals surface area (Å²) in [6.45, 7) is 6.58. The minimum atomic E-state index is -2.93. The molecule has 0 spiro atoms. The minimum absolute atomic E-state index is 0.221. The van der Waals surface area contributed by atoms with Gasteiger partial charge in [0.1, 0.15) is 11.5 Å². The summed E-state index contributed by atoms with van der Waals surface area (Å²) >= 11 is 0. The second-order valence-corrected chi connectivity index (χ2v) is 10.0. The van der Waals surface area contributed by atoms with Crippen LogP contribution in [0.25, 0.3) is 0 Å². The summed E-state index contributed by atoms with van der Waals surface area (Å²) in [5.74, 6) is 2.14. The van der Waals surface area contributed by atoms with E-state index >= 15 is 0 Å². The van der Waals surface area contributed by atoms with Gasteiger partial charge in [0.15, 0.2) is 9.84 Å². The number of rotatable bonds is 6. The minimum Gasteiger partial charge on any atom is -0.496 e. The van der Waals surface area contributed by atoms with Crippen molar-refractivity contribution in [2.45, 2.75) is 45.7 Å². The smallest absolute Gasteiger partial charge is 0.152 e. The van der Waals surface area contributed by atoms with Gasteiger partial charge in [-0.15, -0.1) is 0 Å². The molecule has 0 saturated carbocycles. The first kappa shape index (κ1) is 19.9. The van der Waals surface area contributed by atoms with Gasteiger partial charge in [-0.3, -0.25) is 4.90 Å². The Labute approximate surface area is 161 Å². The van der Waals surface area contributed by atoms with E-state index < -0.39 is 9.84 Å². The van der Waals surface area contributed by atoms with Gasteiger partial charge in [0.2, 0.25) is 0 Å². The Morgan fingerprint density at radius 3 is 2.63 bits per heavy atom. The molecule has 0 N–H and O–H groups in total. The Balaban J connectivity index is 1.83. The topological polar surface area (TPSA) is 72.6 Å². The molecular weight excluding hydrogens is 364 g/mol. The summed E-state index contributed by atoms with van der Waals surface area (Å²) in [4.78, 5) is 2.15. The standard InChI is InChI=1S/C20H28N2O4S/c1-14-18(15(2)26-21-14)11-17-10-16(6-7-19(17)25-5)12-22(4)20(3)8-9-27(23,24)13-20/h6-7,10H,8-9,11-13H2,1-5H3. The van der Waals surface area contributed by atoms with E-state index in [1.807, 2.05) is 40.0 Å². The first-order chi connectivity index (χ1) is 12.6. The van der Waals surface area contributed by atoms with Gasteiger partial charge in [-0.25, -0.2) is 8.42 Å². The number of sulfone groups is 1. The molecule has 1 aromatic carbocycles. The molecule has 3 rings (SSSR count). The van der Waals surface area contributed by atoms with Crippen molar-refractivity contribution < 1.29 is 17.7 Å². The zero-order chi connectivity index (χ0) is 19.8. The zero-order valence-corrected chi connectivity index (χ0v) is 17.5. The van der Waals surface area contributed by atoms with Crippen LogP contribution in [0.5, 0.6) is 5.75 Å². The lowest BCUT2D eigenvalue weighted by atomic mass is 9.97. The molecule has 2 aromatic rings. The summed E-state index contributed by atoms with van der Waals surface area (Å²) in [7, 11) is 0.735. The molecule has 2 heterocycles. The molecule has 1 aliphatic rings. The highest BCUT2D eigenvalue weighted by atomic mass is 32.2. The second kappa shape index (κ2) is 7.28. The molecule has 1 unspecified atom stereocenters. The van der Waals surface area contributed by atoms with Crippen LogP contribution < -0.4 is 4.74 Å². The summed E-state index contributed by atoms with van der Waals surface area (Å²) in [6, 6.07) is 6.15. The summed E-state index contributed by atoms with van der Waals surface area (Å²) in [5, 5.41) is 4.03. The number of benzene rings is 1. The lowest BCUT2D eigenvalue weighted by Crippen LogP contribution is -2.44. The Bertz CT molecular complexity index is 916. The van der Waals surface area contributed by atoms with Crippen molar-refractivity contribution in [1.82, 2.24) is 10.1 Å². The summed E-state index contributed by atoms with van der Waals surface area (Å²) in [5.41, 5.74) is 3.85. The maximum Gasteiger partial charge on any atom is 0.152 e. The molecule has 6 nitrogen and oxygen atoms in total. The predicted octanol–water partition coefficient (Wildman–Crippen LogP) is 2.90. The molecule has 0 bridgehead atoms. The van der Waals surface area contributed by atoms with E-state index in [9.17, 15) is 8.42 Å². The van der Waals surface area contributed by atoms with Crippen LogP contribution in [-0.4, -0.2) is 49.7 Å². The third-order valence-electron chi connectivity index (χ3n) is 5.72. The molecule has 148 valence electrons. The number of hydrogen-bond acceptors (Lipinski definition) is 6. The fourth-order valence-corrected chi connectivity index (χ4v) is 5.98. The molecule has 1 fully saturated rings. The van der Waals surface area contributed by atoms with Gasteiger partial charge in [-0.2, -0.15) is 0 Å². The van der Waals surface area contributed by atoms with E-state index in [1.165, 1.54) is 0 Å². The highest BCUT2D eigenvalue weighted by Gasteiger charge is 2.41. The second-order valence-electron chi connectivity index (χ2n) is 7.82. The van der Waals surface area contributed by atoms with E-state index in [2.05, 4.69) is 16.1 Å². The largest absolute Gasteiger partial charge is 0.496 e. The lowest BCUT2D eigenvalue weighted by molar-refractivity contribution is 0.154. The van der Waals surface area contributed by atoms with Crippen molar-refractivity contribution in [3.63, 3.8) is 0 Å². The number of aromatic nitrogens is 1. The van der Waals surface area contributed by atoms with E-state index in [-0.39, 0.29) is 17.0 Å². The SMILES string of the molecule is COc1ccc(CN(C)C2(C)CCS(=O)(=O)C2)cc1Cc1c(C)noc1C. The van der Waals surface area contributed by atoms with Crippen molar-refractivity contribution >= 4 is 9.84 Å². The number of aryl methyl sites for hydroxylation is 2. The van der Waals surface area contributed by atoms with Crippen LogP contribution in [0.3, 0.4) is 0 Å². The van der Waals surface area contributed by atoms with Gasteiger partial charge in [-0.1, -0.05) is 17.3 Å². The number of nitrogens with zero attached hydrogens (tertiary/aromatic N) is 2. The first-order valence-corrected chi connectivity index (χ1v) is 10.9. The summed E-state index contributed by atoms with van der Waals surface area (Å²) < 4.78 is 34.7. The number of ether oxygens (including phenoxy) is 1. The quantitative estimate of drug-likeness (QED) is 0.753. The fourth-order valence-electron chi connectivity index (χ4n) is 3.77. The van der Waals surface area contributed by atoms with Gasteiger partial charge in [0.25, 0.3) is 0 Å². The molecule has 0 radical (unpaired) electrons. The van der Waals surface area contributed by atoms with Crippen molar-refractivity contribution in [1.29, 1.82) is 0 Å². The Morgan fingerprint density at radius 1 is 1.33 bits per heavy atom. The van der Waals surface area contributed by atoms with Crippen molar-refractivity contribution in [2.24, 2.45) is 0 Å². The van der Waals surface area contributed by atoms with Crippen molar-refractivity contribution in [2.75, 3.05) is 25.7 Å². The first-order valence-electron chi connectivity index (χ1n) is 9.13.